The van der Waals surface area contributed by atoms with Crippen molar-refractivity contribution in [2.45, 2.75) is 51.0 Å². The maximum Gasteiger partial charge on any atom is 0.0579 e. The lowest BCUT2D eigenvalue weighted by atomic mass is 9.97. The molecule has 1 nitrogen and oxygen atoms in total. The maximum absolute atomic E-state index is 6.14. The van der Waals surface area contributed by atoms with E-state index in [2.05, 4.69) is 13.8 Å². The largest absolute Gasteiger partial charge is 0.378 e. The summed E-state index contributed by atoms with van der Waals surface area (Å²) in [4.78, 5) is 0. The third kappa shape index (κ3) is 2.95. The van der Waals surface area contributed by atoms with Gasteiger partial charge in [-0.2, -0.15) is 0 Å². The van der Waals surface area contributed by atoms with Gasteiger partial charge in [-0.1, -0.05) is 13.8 Å². The fourth-order valence-corrected chi connectivity index (χ4v) is 1.90. The third-order valence-corrected chi connectivity index (χ3v) is 3.40. The van der Waals surface area contributed by atoms with Crippen LogP contribution in [0.4, 0.5) is 0 Å². The van der Waals surface area contributed by atoms with Crippen LogP contribution >= 0.6 is 11.6 Å². The molecule has 0 amide bonds. The summed E-state index contributed by atoms with van der Waals surface area (Å²) >= 11 is 6.14. The second kappa shape index (κ2) is 5.08. The lowest BCUT2D eigenvalue weighted by molar-refractivity contribution is 0.0910. The molecule has 0 radical (unpaired) electrons. The van der Waals surface area contributed by atoms with E-state index in [1.807, 2.05) is 0 Å². The Balaban J connectivity index is 2.19. The van der Waals surface area contributed by atoms with Gasteiger partial charge in [-0.25, -0.2) is 0 Å². The summed E-state index contributed by atoms with van der Waals surface area (Å²) in [6.45, 7) is 5.32. The summed E-state index contributed by atoms with van der Waals surface area (Å²) in [5.41, 5.74) is 0. The number of rotatable bonds is 4. The first-order valence-electron chi connectivity index (χ1n) is 4.99. The maximum atomic E-state index is 6.14. The SMILES string of the molecule is CCC(Cl)C(C)CC1CCCO1. The minimum Gasteiger partial charge on any atom is -0.378 e. The molecule has 0 N–H and O–H groups in total. The average molecular weight is 191 g/mol. The molecule has 12 heavy (non-hydrogen) atoms. The highest BCUT2D eigenvalue weighted by Gasteiger charge is 2.21. The smallest absolute Gasteiger partial charge is 0.0579 e. The van der Waals surface area contributed by atoms with Gasteiger partial charge in [-0.3, -0.25) is 0 Å². The van der Waals surface area contributed by atoms with E-state index in [1.54, 1.807) is 0 Å². The molecule has 2 heteroatoms. The van der Waals surface area contributed by atoms with Gasteiger partial charge in [0.05, 0.1) is 6.10 Å². The van der Waals surface area contributed by atoms with Crippen LogP contribution in [0.15, 0.2) is 0 Å². The van der Waals surface area contributed by atoms with Crippen LogP contribution in [0.5, 0.6) is 0 Å². The zero-order valence-corrected chi connectivity index (χ0v) is 8.81. The van der Waals surface area contributed by atoms with E-state index >= 15 is 0 Å². The molecule has 3 unspecified atom stereocenters. The van der Waals surface area contributed by atoms with Gasteiger partial charge in [-0.15, -0.1) is 11.6 Å². The Morgan fingerprint density at radius 1 is 1.58 bits per heavy atom. The van der Waals surface area contributed by atoms with Crippen molar-refractivity contribution in [2.24, 2.45) is 5.92 Å². The Kier molecular flexibility index (Phi) is 4.38. The summed E-state index contributed by atoms with van der Waals surface area (Å²) in [6, 6.07) is 0. The van der Waals surface area contributed by atoms with E-state index in [-0.39, 0.29) is 0 Å². The van der Waals surface area contributed by atoms with Gasteiger partial charge in [0.1, 0.15) is 0 Å². The van der Waals surface area contributed by atoms with Crippen molar-refractivity contribution in [1.29, 1.82) is 0 Å². The molecule has 3 atom stereocenters. The normalized spacial score (nSPS) is 28.8. The second-order valence-corrected chi connectivity index (χ2v) is 4.33. The first kappa shape index (κ1) is 10.3. The van der Waals surface area contributed by atoms with Crippen molar-refractivity contribution >= 4 is 11.6 Å². The van der Waals surface area contributed by atoms with Crippen LogP contribution < -0.4 is 0 Å². The van der Waals surface area contributed by atoms with Gasteiger partial charge < -0.3 is 4.74 Å². The van der Waals surface area contributed by atoms with Crippen LogP contribution in [0, 0.1) is 5.92 Å². The molecule has 72 valence electrons. The quantitative estimate of drug-likeness (QED) is 0.619. The summed E-state index contributed by atoms with van der Waals surface area (Å²) < 4.78 is 5.56. The van der Waals surface area contributed by atoms with Crippen molar-refractivity contribution in [3.8, 4) is 0 Å². The van der Waals surface area contributed by atoms with Crippen molar-refractivity contribution < 1.29 is 4.74 Å². The van der Waals surface area contributed by atoms with Gasteiger partial charge in [0.15, 0.2) is 0 Å². The van der Waals surface area contributed by atoms with Crippen molar-refractivity contribution in [2.75, 3.05) is 6.61 Å². The highest BCUT2D eigenvalue weighted by molar-refractivity contribution is 6.20. The molecule has 1 heterocycles. The third-order valence-electron chi connectivity index (χ3n) is 2.67. The van der Waals surface area contributed by atoms with E-state index in [0.717, 1.165) is 19.4 Å². The van der Waals surface area contributed by atoms with Crippen LogP contribution in [-0.2, 0) is 4.74 Å². The van der Waals surface area contributed by atoms with Crippen molar-refractivity contribution in [1.82, 2.24) is 0 Å². The topological polar surface area (TPSA) is 9.23 Å². The van der Waals surface area contributed by atoms with Crippen molar-refractivity contribution in [3.05, 3.63) is 0 Å². The predicted octanol–water partition coefficient (Wildman–Crippen LogP) is 3.21. The molecule has 0 spiro atoms. The Morgan fingerprint density at radius 3 is 2.83 bits per heavy atom. The molecule has 1 fully saturated rings. The fourth-order valence-electron chi connectivity index (χ4n) is 1.79. The molecule has 1 aliphatic rings. The van der Waals surface area contributed by atoms with Crippen LogP contribution in [-0.4, -0.2) is 18.1 Å². The van der Waals surface area contributed by atoms with E-state index in [4.69, 9.17) is 16.3 Å². The molecular weight excluding hydrogens is 172 g/mol. The van der Waals surface area contributed by atoms with Gasteiger partial charge in [0, 0.05) is 12.0 Å². The van der Waals surface area contributed by atoms with E-state index in [1.165, 1.54) is 12.8 Å². The molecule has 0 aliphatic carbocycles. The number of ether oxygens (including phenoxy) is 1. The molecule has 1 rings (SSSR count). The molecule has 0 bridgehead atoms. The first-order chi connectivity index (χ1) is 5.74. The highest BCUT2D eigenvalue weighted by atomic mass is 35.5. The highest BCUT2D eigenvalue weighted by Crippen LogP contribution is 2.24. The second-order valence-electron chi connectivity index (χ2n) is 3.77. The molecule has 1 saturated heterocycles. The predicted molar refractivity (Wildman–Crippen MR) is 52.7 cm³/mol. The number of alkyl halides is 1. The Morgan fingerprint density at radius 2 is 2.33 bits per heavy atom. The van der Waals surface area contributed by atoms with Crippen LogP contribution in [0.25, 0.3) is 0 Å². The standard InChI is InChI=1S/C10H19ClO/c1-3-10(11)8(2)7-9-5-4-6-12-9/h8-10H,3-7H2,1-2H3. The zero-order valence-electron chi connectivity index (χ0n) is 8.05. The summed E-state index contributed by atoms with van der Waals surface area (Å²) in [6.07, 6.45) is 5.17. The fraction of sp³-hybridized carbons (Fsp3) is 1.00. The van der Waals surface area contributed by atoms with Gasteiger partial charge in [0.2, 0.25) is 0 Å². The van der Waals surface area contributed by atoms with E-state index < -0.39 is 0 Å². The van der Waals surface area contributed by atoms with Gasteiger partial charge >= 0.3 is 0 Å². The molecule has 0 saturated carbocycles. The van der Waals surface area contributed by atoms with Crippen LogP contribution in [0.2, 0.25) is 0 Å². The minimum absolute atomic E-state index is 0.328. The molecule has 0 aromatic rings. The Hall–Kier alpha value is 0.250. The monoisotopic (exact) mass is 190 g/mol. The number of hydrogen-bond donors (Lipinski definition) is 0. The molecule has 0 aromatic carbocycles. The summed E-state index contributed by atoms with van der Waals surface area (Å²) in [7, 11) is 0. The Bertz CT molecular complexity index is 121. The number of hydrogen-bond acceptors (Lipinski definition) is 1. The lowest BCUT2D eigenvalue weighted by Crippen LogP contribution is -2.17. The van der Waals surface area contributed by atoms with Crippen LogP contribution in [0.3, 0.4) is 0 Å². The van der Waals surface area contributed by atoms with E-state index in [0.29, 0.717) is 17.4 Å². The summed E-state index contributed by atoms with van der Waals surface area (Å²) in [5.74, 6) is 0.597. The van der Waals surface area contributed by atoms with Crippen LogP contribution in [0.1, 0.15) is 39.5 Å². The molecule has 1 aliphatic heterocycles. The Labute approximate surface area is 80.4 Å². The molecule has 0 aromatic heterocycles. The number of halogens is 1. The minimum atomic E-state index is 0.328. The molecular formula is C10H19ClO. The van der Waals surface area contributed by atoms with Gasteiger partial charge in [-0.05, 0) is 31.6 Å². The zero-order chi connectivity index (χ0) is 8.97. The summed E-state index contributed by atoms with van der Waals surface area (Å²) in [5, 5.41) is 0.328. The van der Waals surface area contributed by atoms with Crippen molar-refractivity contribution in [3.63, 3.8) is 0 Å². The lowest BCUT2D eigenvalue weighted by Gasteiger charge is -2.19. The first-order valence-corrected chi connectivity index (χ1v) is 5.43. The van der Waals surface area contributed by atoms with Gasteiger partial charge in [0.25, 0.3) is 0 Å². The van der Waals surface area contributed by atoms with E-state index in [9.17, 15) is 0 Å². The average Bonchev–Trinajstić information content (AvgIpc) is 2.55.